The van der Waals surface area contributed by atoms with Crippen LogP contribution in [0.15, 0.2) is 24.3 Å². The topological polar surface area (TPSA) is 12.0 Å². The highest BCUT2D eigenvalue weighted by molar-refractivity contribution is 7.19. The molecule has 0 aliphatic carbocycles. The van der Waals surface area contributed by atoms with Crippen molar-refractivity contribution < 1.29 is 4.39 Å². The van der Waals surface area contributed by atoms with Crippen LogP contribution < -0.4 is 5.32 Å². The van der Waals surface area contributed by atoms with Crippen molar-refractivity contribution in [3.05, 3.63) is 35.0 Å². The van der Waals surface area contributed by atoms with Gasteiger partial charge in [-0.2, -0.15) is 0 Å². The molecule has 3 heteroatoms. The monoisotopic (exact) mass is 249 g/mol. The maximum atomic E-state index is 13.1. The number of halogens is 1. The van der Waals surface area contributed by atoms with E-state index in [0.717, 1.165) is 11.9 Å². The zero-order valence-electron chi connectivity index (χ0n) is 9.87. The van der Waals surface area contributed by atoms with E-state index in [-0.39, 0.29) is 5.82 Å². The van der Waals surface area contributed by atoms with Crippen LogP contribution in [0.3, 0.4) is 0 Å². The van der Waals surface area contributed by atoms with Gasteiger partial charge in [0.25, 0.3) is 0 Å². The summed E-state index contributed by atoms with van der Waals surface area (Å²) in [5.41, 5.74) is 0. The number of thiophene rings is 1. The van der Waals surface area contributed by atoms with Crippen molar-refractivity contribution in [3.63, 3.8) is 0 Å². The molecule has 90 valence electrons. The Morgan fingerprint density at radius 3 is 3.06 bits per heavy atom. The normalized spacial score (nSPS) is 25.3. The number of hydrogen-bond acceptors (Lipinski definition) is 2. The highest BCUT2D eigenvalue weighted by atomic mass is 32.1. The second kappa shape index (κ2) is 4.39. The summed E-state index contributed by atoms with van der Waals surface area (Å²) in [7, 11) is 0. The van der Waals surface area contributed by atoms with E-state index < -0.39 is 0 Å². The lowest BCUT2D eigenvalue weighted by atomic mass is 9.92. The average Bonchev–Trinajstić information content (AvgIpc) is 2.72. The first-order valence-electron chi connectivity index (χ1n) is 6.15. The molecular weight excluding hydrogens is 233 g/mol. The third-order valence-corrected chi connectivity index (χ3v) is 4.80. The van der Waals surface area contributed by atoms with Gasteiger partial charge < -0.3 is 5.32 Å². The van der Waals surface area contributed by atoms with Crippen LogP contribution in [0.4, 0.5) is 4.39 Å². The van der Waals surface area contributed by atoms with Crippen molar-refractivity contribution in [1.82, 2.24) is 5.32 Å². The average molecular weight is 249 g/mol. The molecule has 1 aromatic carbocycles. The summed E-state index contributed by atoms with van der Waals surface area (Å²) in [4.78, 5) is 1.42. The molecule has 1 saturated heterocycles. The van der Waals surface area contributed by atoms with Gasteiger partial charge in [-0.1, -0.05) is 0 Å². The summed E-state index contributed by atoms with van der Waals surface area (Å²) in [5.74, 6) is 0.507. The van der Waals surface area contributed by atoms with E-state index in [2.05, 4.69) is 18.3 Å². The molecule has 1 nitrogen and oxygen atoms in total. The molecular formula is C14H16FNS. The van der Waals surface area contributed by atoms with Crippen molar-refractivity contribution in [2.24, 2.45) is 0 Å². The van der Waals surface area contributed by atoms with Crippen LogP contribution in [-0.4, -0.2) is 12.6 Å². The minimum Gasteiger partial charge on any atom is -0.314 e. The second-order valence-electron chi connectivity index (χ2n) is 4.91. The number of nitrogens with one attached hydrogen (secondary N) is 1. The van der Waals surface area contributed by atoms with E-state index in [1.54, 1.807) is 12.1 Å². The van der Waals surface area contributed by atoms with Gasteiger partial charge in [-0.3, -0.25) is 0 Å². The lowest BCUT2D eigenvalue weighted by Crippen LogP contribution is -2.34. The van der Waals surface area contributed by atoms with Gasteiger partial charge in [0.05, 0.1) is 0 Å². The Morgan fingerprint density at radius 1 is 1.35 bits per heavy atom. The highest BCUT2D eigenvalue weighted by Gasteiger charge is 2.21. The van der Waals surface area contributed by atoms with Gasteiger partial charge in [-0.05, 0) is 61.9 Å². The lowest BCUT2D eigenvalue weighted by Gasteiger charge is -2.27. The lowest BCUT2D eigenvalue weighted by molar-refractivity contribution is 0.384. The van der Waals surface area contributed by atoms with E-state index in [0.29, 0.717) is 12.0 Å². The number of piperidine rings is 1. The first-order chi connectivity index (χ1) is 8.22. The molecule has 3 rings (SSSR count). The molecule has 0 unspecified atom stereocenters. The molecule has 1 N–H and O–H groups in total. The molecule has 0 spiro atoms. The maximum Gasteiger partial charge on any atom is 0.123 e. The zero-order valence-corrected chi connectivity index (χ0v) is 10.7. The van der Waals surface area contributed by atoms with Crippen LogP contribution in [0, 0.1) is 5.82 Å². The minimum atomic E-state index is -0.138. The van der Waals surface area contributed by atoms with Gasteiger partial charge in [0.15, 0.2) is 0 Å². The van der Waals surface area contributed by atoms with Gasteiger partial charge in [0.1, 0.15) is 5.82 Å². The van der Waals surface area contributed by atoms with Crippen LogP contribution in [0.2, 0.25) is 0 Å². The molecule has 2 aromatic rings. The largest absolute Gasteiger partial charge is 0.314 e. The Hall–Kier alpha value is -0.930. The molecule has 0 saturated carbocycles. The molecule has 0 radical (unpaired) electrons. The summed E-state index contributed by atoms with van der Waals surface area (Å²) in [6.07, 6.45) is 2.38. The minimum absolute atomic E-state index is 0.138. The molecule has 1 aromatic heterocycles. The molecule has 2 heterocycles. The van der Waals surface area contributed by atoms with E-state index in [1.807, 2.05) is 17.4 Å². The number of fused-ring (bicyclic) bond motifs is 1. The smallest absolute Gasteiger partial charge is 0.123 e. The molecule has 1 aliphatic heterocycles. The summed E-state index contributed by atoms with van der Waals surface area (Å²) < 4.78 is 14.3. The van der Waals surface area contributed by atoms with E-state index in [4.69, 9.17) is 0 Å². The highest BCUT2D eigenvalue weighted by Crippen LogP contribution is 2.36. The Balaban J connectivity index is 1.94. The fraction of sp³-hybridized carbons (Fsp3) is 0.429. The predicted octanol–water partition coefficient (Wildman–Crippen LogP) is 3.90. The fourth-order valence-electron chi connectivity index (χ4n) is 2.63. The van der Waals surface area contributed by atoms with Crippen molar-refractivity contribution >= 4 is 21.4 Å². The Kier molecular flexibility index (Phi) is 2.89. The van der Waals surface area contributed by atoms with Gasteiger partial charge in [-0.15, -0.1) is 11.3 Å². The zero-order chi connectivity index (χ0) is 11.8. The van der Waals surface area contributed by atoms with Gasteiger partial charge in [0, 0.05) is 15.6 Å². The fourth-order valence-corrected chi connectivity index (χ4v) is 3.82. The SMILES string of the molecule is C[C@@H]1C[C@@H](c2cc3cc(F)ccc3s2)CCN1. The Bertz CT molecular complexity index is 534. The van der Waals surface area contributed by atoms with Crippen LogP contribution in [0.25, 0.3) is 10.1 Å². The third kappa shape index (κ3) is 2.22. The number of benzene rings is 1. The third-order valence-electron chi connectivity index (χ3n) is 3.52. The van der Waals surface area contributed by atoms with E-state index >= 15 is 0 Å². The number of hydrogen-bond donors (Lipinski definition) is 1. The molecule has 1 aliphatic rings. The first-order valence-corrected chi connectivity index (χ1v) is 6.96. The van der Waals surface area contributed by atoms with Crippen molar-refractivity contribution in [1.29, 1.82) is 0 Å². The van der Waals surface area contributed by atoms with E-state index in [1.165, 1.54) is 22.4 Å². The summed E-state index contributed by atoms with van der Waals surface area (Å²) in [6.45, 7) is 3.33. The molecule has 0 amide bonds. The summed E-state index contributed by atoms with van der Waals surface area (Å²) in [5, 5.41) is 4.52. The quantitative estimate of drug-likeness (QED) is 0.808. The maximum absolute atomic E-state index is 13.1. The molecule has 1 fully saturated rings. The van der Waals surface area contributed by atoms with E-state index in [9.17, 15) is 4.39 Å². The van der Waals surface area contributed by atoms with Crippen molar-refractivity contribution in [2.45, 2.75) is 31.7 Å². The van der Waals surface area contributed by atoms with Gasteiger partial charge in [-0.25, -0.2) is 4.39 Å². The first kappa shape index (κ1) is 11.2. The van der Waals surface area contributed by atoms with Crippen molar-refractivity contribution in [2.75, 3.05) is 6.54 Å². The standard InChI is InChI=1S/C14H16FNS/c1-9-6-10(4-5-16-9)14-8-11-7-12(15)2-3-13(11)17-14/h2-3,7-10,16H,4-6H2,1H3/t9-,10+/m1/s1. The summed E-state index contributed by atoms with van der Waals surface area (Å²) in [6, 6.07) is 7.85. The Labute approximate surface area is 105 Å². The molecule has 2 atom stereocenters. The number of rotatable bonds is 1. The van der Waals surface area contributed by atoms with Crippen LogP contribution in [0.5, 0.6) is 0 Å². The predicted molar refractivity (Wildman–Crippen MR) is 71.2 cm³/mol. The van der Waals surface area contributed by atoms with Crippen LogP contribution >= 0.6 is 11.3 Å². The molecule has 17 heavy (non-hydrogen) atoms. The molecule has 0 bridgehead atoms. The van der Waals surface area contributed by atoms with Crippen molar-refractivity contribution in [3.8, 4) is 0 Å². The van der Waals surface area contributed by atoms with Crippen LogP contribution in [0.1, 0.15) is 30.6 Å². The summed E-state index contributed by atoms with van der Waals surface area (Å²) >= 11 is 1.82. The Morgan fingerprint density at radius 2 is 2.24 bits per heavy atom. The van der Waals surface area contributed by atoms with Gasteiger partial charge >= 0.3 is 0 Å². The van der Waals surface area contributed by atoms with Gasteiger partial charge in [0.2, 0.25) is 0 Å². The second-order valence-corrected chi connectivity index (χ2v) is 6.02. The van der Waals surface area contributed by atoms with Crippen LogP contribution in [-0.2, 0) is 0 Å².